The van der Waals surface area contributed by atoms with E-state index in [0.29, 0.717) is 18.8 Å². The summed E-state index contributed by atoms with van der Waals surface area (Å²) in [5, 5.41) is 3.22. The molecule has 0 bridgehead atoms. The Morgan fingerprint density at radius 3 is 2.55 bits per heavy atom. The summed E-state index contributed by atoms with van der Waals surface area (Å²) in [6.45, 7) is 4.59. The van der Waals surface area contributed by atoms with Crippen LogP contribution in [0.25, 0.3) is 0 Å². The SMILES string of the molecule is CCC(C)(CCl)NCCCF. The van der Waals surface area contributed by atoms with Crippen LogP contribution in [-0.2, 0) is 0 Å². The lowest BCUT2D eigenvalue weighted by atomic mass is 10.0. The van der Waals surface area contributed by atoms with Crippen molar-refractivity contribution in [1.82, 2.24) is 5.32 Å². The first-order chi connectivity index (χ1) is 5.18. The van der Waals surface area contributed by atoms with Gasteiger partial charge in [-0.3, -0.25) is 4.39 Å². The fourth-order valence-corrected chi connectivity index (χ4v) is 1.01. The Labute approximate surface area is 73.3 Å². The van der Waals surface area contributed by atoms with Gasteiger partial charge in [0.25, 0.3) is 0 Å². The summed E-state index contributed by atoms with van der Waals surface area (Å²) >= 11 is 5.73. The minimum Gasteiger partial charge on any atom is -0.310 e. The van der Waals surface area contributed by atoms with E-state index in [1.807, 2.05) is 0 Å². The summed E-state index contributed by atoms with van der Waals surface area (Å²) in [6.07, 6.45) is 1.55. The quantitative estimate of drug-likeness (QED) is 0.490. The molecular weight excluding hydrogens is 165 g/mol. The van der Waals surface area contributed by atoms with Crippen LogP contribution < -0.4 is 5.32 Å². The molecule has 1 atom stereocenters. The Hall–Kier alpha value is 0.180. The molecule has 0 amide bonds. The van der Waals surface area contributed by atoms with Gasteiger partial charge in [-0.15, -0.1) is 11.6 Å². The van der Waals surface area contributed by atoms with Gasteiger partial charge in [-0.25, -0.2) is 0 Å². The van der Waals surface area contributed by atoms with E-state index in [0.717, 1.165) is 6.42 Å². The number of rotatable bonds is 6. The van der Waals surface area contributed by atoms with E-state index in [1.165, 1.54) is 0 Å². The molecule has 3 heteroatoms. The number of alkyl halides is 2. The zero-order valence-corrected chi connectivity index (χ0v) is 8.05. The third kappa shape index (κ3) is 4.59. The second kappa shape index (κ2) is 5.78. The predicted molar refractivity (Wildman–Crippen MR) is 48.0 cm³/mol. The van der Waals surface area contributed by atoms with Crippen molar-refractivity contribution in [2.24, 2.45) is 0 Å². The van der Waals surface area contributed by atoms with Crippen LogP contribution in [0.3, 0.4) is 0 Å². The summed E-state index contributed by atoms with van der Waals surface area (Å²) in [6, 6.07) is 0. The fourth-order valence-electron chi connectivity index (χ4n) is 0.724. The monoisotopic (exact) mass is 181 g/mol. The van der Waals surface area contributed by atoms with Crippen LogP contribution in [-0.4, -0.2) is 24.6 Å². The molecule has 0 aromatic heterocycles. The highest BCUT2D eigenvalue weighted by molar-refractivity contribution is 6.18. The van der Waals surface area contributed by atoms with E-state index in [4.69, 9.17) is 11.6 Å². The Kier molecular flexibility index (Phi) is 5.88. The topological polar surface area (TPSA) is 12.0 Å². The van der Waals surface area contributed by atoms with Crippen molar-refractivity contribution in [3.63, 3.8) is 0 Å². The van der Waals surface area contributed by atoms with Crippen molar-refractivity contribution in [3.8, 4) is 0 Å². The first kappa shape index (κ1) is 11.2. The third-order valence-electron chi connectivity index (χ3n) is 1.94. The maximum atomic E-state index is 11.7. The molecule has 1 unspecified atom stereocenters. The lowest BCUT2D eigenvalue weighted by molar-refractivity contribution is 0.362. The smallest absolute Gasteiger partial charge is 0.0906 e. The van der Waals surface area contributed by atoms with Crippen LogP contribution in [0, 0.1) is 0 Å². The highest BCUT2D eigenvalue weighted by Gasteiger charge is 2.18. The van der Waals surface area contributed by atoms with Crippen molar-refractivity contribution in [2.75, 3.05) is 19.1 Å². The summed E-state index contributed by atoms with van der Waals surface area (Å²) < 4.78 is 11.7. The van der Waals surface area contributed by atoms with Gasteiger partial charge in [0.2, 0.25) is 0 Å². The highest BCUT2D eigenvalue weighted by Crippen LogP contribution is 2.10. The van der Waals surface area contributed by atoms with Crippen LogP contribution in [0.15, 0.2) is 0 Å². The maximum Gasteiger partial charge on any atom is 0.0906 e. The summed E-state index contributed by atoms with van der Waals surface area (Å²) in [5.74, 6) is 0.579. The average molecular weight is 182 g/mol. The van der Waals surface area contributed by atoms with E-state index in [9.17, 15) is 4.39 Å². The number of hydrogen-bond acceptors (Lipinski definition) is 1. The third-order valence-corrected chi connectivity index (χ3v) is 2.53. The Morgan fingerprint density at radius 1 is 1.55 bits per heavy atom. The maximum absolute atomic E-state index is 11.7. The van der Waals surface area contributed by atoms with E-state index in [1.54, 1.807) is 0 Å². The first-order valence-electron chi connectivity index (χ1n) is 4.05. The molecular formula is C8H17ClFN. The van der Waals surface area contributed by atoms with Crippen molar-refractivity contribution in [2.45, 2.75) is 32.2 Å². The molecule has 1 nitrogen and oxygen atoms in total. The molecule has 0 saturated heterocycles. The first-order valence-corrected chi connectivity index (χ1v) is 4.59. The molecule has 68 valence electrons. The molecule has 0 aromatic rings. The van der Waals surface area contributed by atoms with Crippen LogP contribution in [0.2, 0.25) is 0 Å². The molecule has 0 heterocycles. The lowest BCUT2D eigenvalue weighted by Gasteiger charge is -2.26. The molecule has 0 aliphatic carbocycles. The van der Waals surface area contributed by atoms with Crippen molar-refractivity contribution >= 4 is 11.6 Å². The number of halogens is 2. The van der Waals surface area contributed by atoms with Crippen LogP contribution in [0.1, 0.15) is 26.7 Å². The van der Waals surface area contributed by atoms with Gasteiger partial charge in [0, 0.05) is 11.4 Å². The predicted octanol–water partition coefficient (Wildman–Crippen LogP) is 2.34. The molecule has 0 saturated carbocycles. The van der Waals surface area contributed by atoms with Gasteiger partial charge in [0.1, 0.15) is 0 Å². The Bertz CT molecular complexity index is 94.1. The average Bonchev–Trinajstić information content (AvgIpc) is 2.05. The zero-order chi connectivity index (χ0) is 8.74. The van der Waals surface area contributed by atoms with E-state index >= 15 is 0 Å². The summed E-state index contributed by atoms with van der Waals surface area (Å²) in [4.78, 5) is 0. The molecule has 1 N–H and O–H groups in total. The molecule has 0 rings (SSSR count). The Balaban J connectivity index is 3.51. The minimum atomic E-state index is -0.255. The van der Waals surface area contributed by atoms with E-state index in [2.05, 4.69) is 19.2 Å². The van der Waals surface area contributed by atoms with E-state index in [-0.39, 0.29) is 12.2 Å². The molecule has 0 aromatic carbocycles. The largest absolute Gasteiger partial charge is 0.310 e. The van der Waals surface area contributed by atoms with Crippen molar-refractivity contribution in [1.29, 1.82) is 0 Å². The van der Waals surface area contributed by atoms with Gasteiger partial charge in [0.15, 0.2) is 0 Å². The Morgan fingerprint density at radius 2 is 2.18 bits per heavy atom. The van der Waals surface area contributed by atoms with Gasteiger partial charge in [-0.2, -0.15) is 0 Å². The number of hydrogen-bond donors (Lipinski definition) is 1. The second-order valence-corrected chi connectivity index (χ2v) is 3.28. The van der Waals surface area contributed by atoms with Gasteiger partial charge in [-0.1, -0.05) is 6.92 Å². The normalized spacial score (nSPS) is 16.4. The molecule has 0 aliphatic rings. The van der Waals surface area contributed by atoms with Gasteiger partial charge < -0.3 is 5.32 Å². The molecule has 0 aliphatic heterocycles. The van der Waals surface area contributed by atoms with Crippen molar-refractivity contribution < 1.29 is 4.39 Å². The van der Waals surface area contributed by atoms with E-state index < -0.39 is 0 Å². The molecule has 11 heavy (non-hydrogen) atoms. The van der Waals surface area contributed by atoms with Crippen molar-refractivity contribution in [3.05, 3.63) is 0 Å². The molecule has 0 spiro atoms. The second-order valence-electron chi connectivity index (χ2n) is 3.02. The summed E-state index contributed by atoms with van der Waals surface area (Å²) in [7, 11) is 0. The zero-order valence-electron chi connectivity index (χ0n) is 7.29. The molecule has 0 fully saturated rings. The van der Waals surface area contributed by atoms with Gasteiger partial charge >= 0.3 is 0 Å². The lowest BCUT2D eigenvalue weighted by Crippen LogP contribution is -2.44. The molecule has 0 radical (unpaired) electrons. The summed E-state index contributed by atoms with van der Waals surface area (Å²) in [5.41, 5.74) is -0.0171. The van der Waals surface area contributed by atoms with Gasteiger partial charge in [0.05, 0.1) is 6.67 Å². The highest BCUT2D eigenvalue weighted by atomic mass is 35.5. The van der Waals surface area contributed by atoms with Crippen LogP contribution in [0.4, 0.5) is 4.39 Å². The fraction of sp³-hybridized carbons (Fsp3) is 1.00. The van der Waals surface area contributed by atoms with Crippen LogP contribution >= 0.6 is 11.6 Å². The minimum absolute atomic E-state index is 0.0171. The standard InChI is InChI=1S/C8H17ClFN/c1-3-8(2,7-9)11-6-4-5-10/h11H,3-7H2,1-2H3. The number of nitrogens with one attached hydrogen (secondary N) is 1. The van der Waals surface area contributed by atoms with Gasteiger partial charge in [-0.05, 0) is 26.3 Å². The van der Waals surface area contributed by atoms with Crippen LogP contribution in [0.5, 0.6) is 0 Å².